The number of halogens is 3. The lowest BCUT2D eigenvalue weighted by Crippen LogP contribution is -2.05. The summed E-state index contributed by atoms with van der Waals surface area (Å²) in [5, 5.41) is 5.11. The van der Waals surface area contributed by atoms with Crippen LogP contribution in [0.5, 0.6) is 0 Å². The van der Waals surface area contributed by atoms with Crippen LogP contribution in [0.3, 0.4) is 0 Å². The van der Waals surface area contributed by atoms with E-state index in [0.717, 1.165) is 12.1 Å². The van der Waals surface area contributed by atoms with E-state index in [0.29, 0.717) is 12.2 Å². The summed E-state index contributed by atoms with van der Waals surface area (Å²) < 4.78 is 37.1. The molecule has 1 aromatic heterocycles. The fourth-order valence-corrected chi connectivity index (χ4v) is 2.39. The highest BCUT2D eigenvalue weighted by Crippen LogP contribution is 2.30. The molecule has 0 bridgehead atoms. The molecule has 0 unspecified atom stereocenters. The fraction of sp³-hybridized carbons (Fsp3) is 0.231. The van der Waals surface area contributed by atoms with Gasteiger partial charge in [0, 0.05) is 17.1 Å². The summed E-state index contributed by atoms with van der Waals surface area (Å²) in [4.78, 5) is 1.19. The molecule has 1 aromatic carbocycles. The van der Waals surface area contributed by atoms with E-state index in [2.05, 4.69) is 5.32 Å². The van der Waals surface area contributed by atoms with Crippen LogP contribution in [0, 0.1) is 6.92 Å². The quantitative estimate of drug-likeness (QED) is 0.854. The van der Waals surface area contributed by atoms with Gasteiger partial charge in [0.2, 0.25) is 0 Å². The molecule has 5 heteroatoms. The van der Waals surface area contributed by atoms with Crippen LogP contribution in [-0.2, 0) is 12.7 Å². The Bertz CT molecular complexity index is 514. The minimum atomic E-state index is -4.27. The standard InChI is InChI=1S/C13H12F3NS/c1-9-6-7-18-12(9)8-17-11-4-2-10(3-5-11)13(14,15)16/h2-7,17H,8H2,1H3. The Morgan fingerprint density at radius 2 is 1.78 bits per heavy atom. The zero-order valence-corrected chi connectivity index (χ0v) is 10.5. The number of rotatable bonds is 3. The maximum Gasteiger partial charge on any atom is 0.416 e. The first kappa shape index (κ1) is 13.0. The van der Waals surface area contributed by atoms with Crippen molar-refractivity contribution in [2.45, 2.75) is 19.6 Å². The van der Waals surface area contributed by atoms with Gasteiger partial charge in [-0.1, -0.05) is 0 Å². The van der Waals surface area contributed by atoms with Crippen LogP contribution in [0.15, 0.2) is 35.7 Å². The Kier molecular flexibility index (Phi) is 3.61. The predicted molar refractivity (Wildman–Crippen MR) is 67.8 cm³/mol. The maximum absolute atomic E-state index is 12.4. The Morgan fingerprint density at radius 1 is 1.11 bits per heavy atom. The number of benzene rings is 1. The number of aryl methyl sites for hydroxylation is 1. The van der Waals surface area contributed by atoms with Crippen LogP contribution in [0.2, 0.25) is 0 Å². The Balaban J connectivity index is 2.01. The summed E-state index contributed by atoms with van der Waals surface area (Å²) in [5.41, 5.74) is 1.26. The normalized spacial score (nSPS) is 11.6. The largest absolute Gasteiger partial charge is 0.416 e. The van der Waals surface area contributed by atoms with Gasteiger partial charge >= 0.3 is 6.18 Å². The molecule has 0 amide bonds. The number of alkyl halides is 3. The first-order chi connectivity index (χ1) is 8.47. The second kappa shape index (κ2) is 5.02. The lowest BCUT2D eigenvalue weighted by molar-refractivity contribution is -0.137. The van der Waals surface area contributed by atoms with Crippen LogP contribution in [0.4, 0.5) is 18.9 Å². The molecule has 0 fully saturated rings. The molecular weight excluding hydrogens is 259 g/mol. The number of hydrogen-bond acceptors (Lipinski definition) is 2. The molecule has 0 aliphatic heterocycles. The van der Waals surface area contributed by atoms with Gasteiger partial charge in [0.15, 0.2) is 0 Å². The highest BCUT2D eigenvalue weighted by atomic mass is 32.1. The Morgan fingerprint density at radius 3 is 2.28 bits per heavy atom. The topological polar surface area (TPSA) is 12.0 Å². The Hall–Kier alpha value is -1.49. The van der Waals surface area contributed by atoms with Crippen molar-refractivity contribution in [3.63, 3.8) is 0 Å². The zero-order valence-electron chi connectivity index (χ0n) is 9.71. The summed E-state index contributed by atoms with van der Waals surface area (Å²) >= 11 is 1.63. The first-order valence-corrected chi connectivity index (χ1v) is 6.29. The third-order valence-corrected chi connectivity index (χ3v) is 3.66. The second-order valence-corrected chi connectivity index (χ2v) is 4.96. The van der Waals surface area contributed by atoms with Crippen LogP contribution >= 0.6 is 11.3 Å². The first-order valence-electron chi connectivity index (χ1n) is 5.41. The highest BCUT2D eigenvalue weighted by molar-refractivity contribution is 7.10. The molecule has 1 heterocycles. The third-order valence-electron chi connectivity index (χ3n) is 2.63. The molecule has 2 rings (SSSR count). The van der Waals surface area contributed by atoms with E-state index < -0.39 is 11.7 Å². The van der Waals surface area contributed by atoms with E-state index in [1.807, 2.05) is 18.4 Å². The molecule has 0 saturated carbocycles. The molecule has 96 valence electrons. The number of hydrogen-bond donors (Lipinski definition) is 1. The van der Waals surface area contributed by atoms with Crippen molar-refractivity contribution in [2.24, 2.45) is 0 Å². The SMILES string of the molecule is Cc1ccsc1CNc1ccc(C(F)(F)F)cc1. The van der Waals surface area contributed by atoms with Gasteiger partial charge in [0.1, 0.15) is 0 Å². The third kappa shape index (κ3) is 3.04. The van der Waals surface area contributed by atoms with Gasteiger partial charge in [-0.3, -0.25) is 0 Å². The average Bonchev–Trinajstić information content (AvgIpc) is 2.72. The van der Waals surface area contributed by atoms with E-state index >= 15 is 0 Å². The van der Waals surface area contributed by atoms with Gasteiger partial charge in [0.25, 0.3) is 0 Å². The minimum absolute atomic E-state index is 0.625. The smallest absolute Gasteiger partial charge is 0.380 e. The lowest BCUT2D eigenvalue weighted by Gasteiger charge is -2.09. The lowest BCUT2D eigenvalue weighted by atomic mass is 10.2. The molecule has 0 spiro atoms. The van der Waals surface area contributed by atoms with E-state index in [-0.39, 0.29) is 0 Å². The molecular formula is C13H12F3NS. The molecule has 0 radical (unpaired) electrons. The van der Waals surface area contributed by atoms with Gasteiger partial charge in [0.05, 0.1) is 5.56 Å². The molecule has 0 atom stereocenters. The van der Waals surface area contributed by atoms with Gasteiger partial charge in [-0.15, -0.1) is 11.3 Å². The Labute approximate surface area is 107 Å². The average molecular weight is 271 g/mol. The molecule has 18 heavy (non-hydrogen) atoms. The number of anilines is 1. The molecule has 1 nitrogen and oxygen atoms in total. The summed E-state index contributed by atoms with van der Waals surface area (Å²) in [5.74, 6) is 0. The van der Waals surface area contributed by atoms with Gasteiger partial charge in [-0.2, -0.15) is 13.2 Å². The minimum Gasteiger partial charge on any atom is -0.380 e. The summed E-state index contributed by atoms with van der Waals surface area (Å²) in [7, 11) is 0. The van der Waals surface area contributed by atoms with Gasteiger partial charge in [-0.05, 0) is 48.2 Å². The molecule has 0 saturated heterocycles. The second-order valence-electron chi connectivity index (χ2n) is 3.96. The van der Waals surface area contributed by atoms with Crippen LogP contribution in [-0.4, -0.2) is 0 Å². The van der Waals surface area contributed by atoms with Crippen LogP contribution in [0.1, 0.15) is 16.0 Å². The highest BCUT2D eigenvalue weighted by Gasteiger charge is 2.29. The van der Waals surface area contributed by atoms with Gasteiger partial charge < -0.3 is 5.32 Å². The number of nitrogens with one attached hydrogen (secondary N) is 1. The van der Waals surface area contributed by atoms with Crippen LogP contribution < -0.4 is 5.32 Å². The summed E-state index contributed by atoms with van der Waals surface area (Å²) in [6, 6.07) is 7.10. The molecule has 0 aliphatic carbocycles. The van der Waals surface area contributed by atoms with Crippen molar-refractivity contribution in [3.8, 4) is 0 Å². The fourth-order valence-electron chi connectivity index (χ4n) is 1.54. The summed E-state index contributed by atoms with van der Waals surface area (Å²) in [6.45, 7) is 2.65. The van der Waals surface area contributed by atoms with E-state index in [9.17, 15) is 13.2 Å². The van der Waals surface area contributed by atoms with Crippen molar-refractivity contribution in [3.05, 3.63) is 51.7 Å². The van der Waals surface area contributed by atoms with Crippen molar-refractivity contribution in [2.75, 3.05) is 5.32 Å². The van der Waals surface area contributed by atoms with Crippen molar-refractivity contribution in [1.29, 1.82) is 0 Å². The van der Waals surface area contributed by atoms with E-state index in [1.165, 1.54) is 22.6 Å². The number of thiophene rings is 1. The van der Waals surface area contributed by atoms with Crippen molar-refractivity contribution in [1.82, 2.24) is 0 Å². The summed E-state index contributed by atoms with van der Waals surface area (Å²) in [6.07, 6.45) is -4.27. The monoisotopic (exact) mass is 271 g/mol. The van der Waals surface area contributed by atoms with Gasteiger partial charge in [-0.25, -0.2) is 0 Å². The predicted octanol–water partition coefficient (Wildman–Crippen LogP) is 4.69. The molecule has 0 aliphatic rings. The zero-order chi connectivity index (χ0) is 13.2. The van der Waals surface area contributed by atoms with E-state index in [4.69, 9.17) is 0 Å². The maximum atomic E-state index is 12.4. The molecule has 2 aromatic rings. The van der Waals surface area contributed by atoms with E-state index in [1.54, 1.807) is 11.3 Å². The molecule has 1 N–H and O–H groups in total. The van der Waals surface area contributed by atoms with Crippen molar-refractivity contribution >= 4 is 17.0 Å². The van der Waals surface area contributed by atoms with Crippen molar-refractivity contribution < 1.29 is 13.2 Å². The van der Waals surface area contributed by atoms with Crippen LogP contribution in [0.25, 0.3) is 0 Å².